The van der Waals surface area contributed by atoms with Crippen molar-refractivity contribution in [3.05, 3.63) is 59.2 Å². The SMILES string of the molecule is CCc1cccc(CC)c1NC(=S)N1CCN(c2ccc(C)cc2)C(C)C1. The van der Waals surface area contributed by atoms with Crippen molar-refractivity contribution in [1.82, 2.24) is 4.90 Å². The summed E-state index contributed by atoms with van der Waals surface area (Å²) < 4.78 is 0. The molecule has 27 heavy (non-hydrogen) atoms. The van der Waals surface area contributed by atoms with E-state index < -0.39 is 0 Å². The predicted octanol–water partition coefficient (Wildman–Crippen LogP) is 5.03. The van der Waals surface area contributed by atoms with Crippen LogP contribution >= 0.6 is 12.2 Å². The topological polar surface area (TPSA) is 18.5 Å². The van der Waals surface area contributed by atoms with Crippen LogP contribution in [-0.2, 0) is 12.8 Å². The number of aryl methyl sites for hydroxylation is 3. The summed E-state index contributed by atoms with van der Waals surface area (Å²) in [4.78, 5) is 4.80. The minimum absolute atomic E-state index is 0.424. The van der Waals surface area contributed by atoms with Gasteiger partial charge in [-0.1, -0.05) is 49.7 Å². The molecule has 0 amide bonds. The van der Waals surface area contributed by atoms with E-state index in [2.05, 4.69) is 85.3 Å². The minimum Gasteiger partial charge on any atom is -0.365 e. The number of benzene rings is 2. The van der Waals surface area contributed by atoms with Crippen molar-refractivity contribution in [3.8, 4) is 0 Å². The lowest BCUT2D eigenvalue weighted by molar-refractivity contribution is 0.342. The van der Waals surface area contributed by atoms with Crippen molar-refractivity contribution < 1.29 is 0 Å². The molecule has 1 heterocycles. The highest BCUT2D eigenvalue weighted by molar-refractivity contribution is 7.80. The van der Waals surface area contributed by atoms with Gasteiger partial charge in [-0.15, -0.1) is 0 Å². The second-order valence-corrected chi connectivity index (χ2v) is 7.80. The fourth-order valence-corrected chi connectivity index (χ4v) is 4.12. The van der Waals surface area contributed by atoms with Crippen molar-refractivity contribution in [3.63, 3.8) is 0 Å². The van der Waals surface area contributed by atoms with Gasteiger partial charge in [-0.25, -0.2) is 0 Å². The standard InChI is InChI=1S/C23H31N3S/c1-5-19-8-7-9-20(6-2)22(19)24-23(27)25-14-15-26(18(4)16-25)21-12-10-17(3)11-13-21/h7-13,18H,5-6,14-16H2,1-4H3,(H,24,27). The molecule has 1 aliphatic rings. The van der Waals surface area contributed by atoms with Crippen molar-refractivity contribution in [1.29, 1.82) is 0 Å². The van der Waals surface area contributed by atoms with E-state index in [9.17, 15) is 0 Å². The number of hydrogen-bond donors (Lipinski definition) is 1. The Morgan fingerprint density at radius 1 is 1.04 bits per heavy atom. The van der Waals surface area contributed by atoms with Crippen molar-refractivity contribution in [2.45, 2.75) is 46.6 Å². The van der Waals surface area contributed by atoms with E-state index in [1.54, 1.807) is 0 Å². The number of para-hydroxylation sites is 1. The van der Waals surface area contributed by atoms with E-state index in [1.165, 1.54) is 28.1 Å². The molecule has 0 radical (unpaired) electrons. The molecule has 0 aliphatic carbocycles. The summed E-state index contributed by atoms with van der Waals surface area (Å²) in [5.41, 5.74) is 6.49. The molecule has 0 spiro atoms. The van der Waals surface area contributed by atoms with Crippen LogP contribution in [0.25, 0.3) is 0 Å². The van der Waals surface area contributed by atoms with Crippen LogP contribution in [0.5, 0.6) is 0 Å². The van der Waals surface area contributed by atoms with Gasteiger partial charge in [0.1, 0.15) is 0 Å². The lowest BCUT2D eigenvalue weighted by atomic mass is 10.0. The average molecular weight is 382 g/mol. The van der Waals surface area contributed by atoms with Gasteiger partial charge in [-0.2, -0.15) is 0 Å². The second-order valence-electron chi connectivity index (χ2n) is 7.41. The summed E-state index contributed by atoms with van der Waals surface area (Å²) in [7, 11) is 0. The number of nitrogens with one attached hydrogen (secondary N) is 1. The summed E-state index contributed by atoms with van der Waals surface area (Å²) in [6.45, 7) is 11.7. The Morgan fingerprint density at radius 3 is 2.22 bits per heavy atom. The number of anilines is 2. The average Bonchev–Trinajstić information content (AvgIpc) is 2.68. The lowest BCUT2D eigenvalue weighted by Crippen LogP contribution is -2.54. The Bertz CT molecular complexity index is 762. The summed E-state index contributed by atoms with van der Waals surface area (Å²) in [6, 6.07) is 15.8. The first kappa shape index (κ1) is 19.7. The van der Waals surface area contributed by atoms with Gasteiger partial charge in [-0.3, -0.25) is 0 Å². The molecule has 0 aromatic heterocycles. The lowest BCUT2D eigenvalue weighted by Gasteiger charge is -2.42. The molecule has 1 aliphatic heterocycles. The molecule has 1 N–H and O–H groups in total. The molecule has 1 atom stereocenters. The molecule has 4 heteroatoms. The Labute approximate surface area is 169 Å². The Balaban J connectivity index is 1.69. The van der Waals surface area contributed by atoms with Gasteiger partial charge in [0.15, 0.2) is 5.11 Å². The summed E-state index contributed by atoms with van der Waals surface area (Å²) in [5.74, 6) is 0. The summed E-state index contributed by atoms with van der Waals surface area (Å²) in [5, 5.41) is 4.42. The van der Waals surface area contributed by atoms with E-state index >= 15 is 0 Å². The van der Waals surface area contributed by atoms with E-state index in [0.717, 1.165) is 37.6 Å². The first-order valence-electron chi connectivity index (χ1n) is 10.0. The third-order valence-electron chi connectivity index (χ3n) is 5.51. The van der Waals surface area contributed by atoms with E-state index in [-0.39, 0.29) is 0 Å². The van der Waals surface area contributed by atoms with Crippen molar-refractivity contribution >= 4 is 28.7 Å². The monoisotopic (exact) mass is 381 g/mol. The van der Waals surface area contributed by atoms with Crippen LogP contribution in [0.4, 0.5) is 11.4 Å². The Morgan fingerprint density at radius 2 is 1.67 bits per heavy atom. The maximum Gasteiger partial charge on any atom is 0.173 e. The maximum atomic E-state index is 5.79. The molecular formula is C23H31N3S. The third-order valence-corrected chi connectivity index (χ3v) is 5.87. The third kappa shape index (κ3) is 4.44. The van der Waals surface area contributed by atoms with Gasteiger partial charge in [0.05, 0.1) is 0 Å². The Kier molecular flexibility index (Phi) is 6.38. The molecule has 144 valence electrons. The number of rotatable bonds is 4. The van der Waals surface area contributed by atoms with Crippen LogP contribution in [0.2, 0.25) is 0 Å². The van der Waals surface area contributed by atoms with Crippen LogP contribution in [0.15, 0.2) is 42.5 Å². The zero-order chi connectivity index (χ0) is 19.4. The second kappa shape index (κ2) is 8.75. The van der Waals surface area contributed by atoms with Gasteiger partial charge in [0.2, 0.25) is 0 Å². The Hall–Kier alpha value is -2.07. The van der Waals surface area contributed by atoms with Crippen LogP contribution in [0.1, 0.15) is 37.5 Å². The number of nitrogens with zero attached hydrogens (tertiary/aromatic N) is 2. The molecule has 3 nitrogen and oxygen atoms in total. The normalized spacial score (nSPS) is 17.1. The van der Waals surface area contributed by atoms with Crippen LogP contribution < -0.4 is 10.2 Å². The molecule has 2 aromatic rings. The fourth-order valence-electron chi connectivity index (χ4n) is 3.85. The van der Waals surface area contributed by atoms with Crippen molar-refractivity contribution in [2.75, 3.05) is 29.9 Å². The molecule has 1 fully saturated rings. The molecule has 0 saturated carbocycles. The van der Waals surface area contributed by atoms with Gasteiger partial charge in [0.25, 0.3) is 0 Å². The van der Waals surface area contributed by atoms with Gasteiger partial charge in [0, 0.05) is 37.1 Å². The molecular weight excluding hydrogens is 350 g/mol. The quantitative estimate of drug-likeness (QED) is 0.749. The van der Waals surface area contributed by atoms with Crippen LogP contribution in [-0.4, -0.2) is 35.7 Å². The van der Waals surface area contributed by atoms with Gasteiger partial charge >= 0.3 is 0 Å². The van der Waals surface area contributed by atoms with E-state index in [0.29, 0.717) is 6.04 Å². The molecule has 1 saturated heterocycles. The molecule has 1 unspecified atom stereocenters. The fraction of sp³-hybridized carbons (Fsp3) is 0.435. The maximum absolute atomic E-state index is 5.79. The van der Waals surface area contributed by atoms with Crippen molar-refractivity contribution in [2.24, 2.45) is 0 Å². The van der Waals surface area contributed by atoms with Crippen LogP contribution in [0.3, 0.4) is 0 Å². The predicted molar refractivity (Wildman–Crippen MR) is 121 cm³/mol. The zero-order valence-electron chi connectivity index (χ0n) is 17.0. The van der Waals surface area contributed by atoms with Gasteiger partial charge in [-0.05, 0) is 62.2 Å². The highest BCUT2D eigenvalue weighted by Crippen LogP contribution is 2.25. The minimum atomic E-state index is 0.424. The zero-order valence-corrected chi connectivity index (χ0v) is 17.8. The first-order chi connectivity index (χ1) is 13.0. The van der Waals surface area contributed by atoms with Gasteiger partial charge < -0.3 is 15.1 Å². The number of hydrogen-bond acceptors (Lipinski definition) is 2. The molecule has 3 rings (SSSR count). The molecule has 2 aromatic carbocycles. The number of thiocarbonyl (C=S) groups is 1. The van der Waals surface area contributed by atoms with E-state index in [1.807, 2.05) is 0 Å². The first-order valence-corrected chi connectivity index (χ1v) is 10.4. The highest BCUT2D eigenvalue weighted by Gasteiger charge is 2.25. The van der Waals surface area contributed by atoms with E-state index in [4.69, 9.17) is 12.2 Å². The highest BCUT2D eigenvalue weighted by atomic mass is 32.1. The number of piperazine rings is 1. The smallest absolute Gasteiger partial charge is 0.173 e. The summed E-state index contributed by atoms with van der Waals surface area (Å²) in [6.07, 6.45) is 2.02. The molecule has 0 bridgehead atoms. The van der Waals surface area contributed by atoms with Crippen LogP contribution in [0, 0.1) is 6.92 Å². The summed E-state index contributed by atoms with van der Waals surface area (Å²) >= 11 is 5.79. The largest absolute Gasteiger partial charge is 0.365 e.